The molecule has 8 nitrogen and oxygen atoms in total. The minimum absolute atomic E-state index is 0.0340. The van der Waals surface area contributed by atoms with Gasteiger partial charge in [-0.15, -0.1) is 0 Å². The molecule has 1 heterocycles. The van der Waals surface area contributed by atoms with Crippen molar-refractivity contribution in [3.05, 3.63) is 42.0 Å². The third kappa shape index (κ3) is 5.34. The highest BCUT2D eigenvalue weighted by atomic mass is 32.2. The normalized spacial score (nSPS) is 11.7. The van der Waals surface area contributed by atoms with Gasteiger partial charge >= 0.3 is 0 Å². The number of benzene rings is 2. The number of carbonyl (C=O) groups excluding carboxylic acids is 1. The predicted molar refractivity (Wildman–Crippen MR) is 136 cm³/mol. The van der Waals surface area contributed by atoms with Crippen molar-refractivity contribution in [2.45, 2.75) is 25.7 Å². The number of rotatable bonds is 11. The number of nitrogens with zero attached hydrogens (tertiary/aromatic N) is 3. The molecule has 3 aromatic rings. The minimum atomic E-state index is -3.44. The Hall–Kier alpha value is -2.69. The molecule has 184 valence electrons. The van der Waals surface area contributed by atoms with Crippen LogP contribution in [0, 0.1) is 0 Å². The van der Waals surface area contributed by atoms with E-state index in [9.17, 15) is 13.2 Å². The molecule has 0 bridgehead atoms. The molecule has 10 heteroatoms. The summed E-state index contributed by atoms with van der Waals surface area (Å²) in [5, 5.41) is 0.499. The van der Waals surface area contributed by atoms with Crippen LogP contribution in [0.3, 0.4) is 0 Å². The quantitative estimate of drug-likeness (QED) is 0.388. The Labute approximate surface area is 205 Å². The number of aromatic nitrogens is 1. The van der Waals surface area contributed by atoms with Gasteiger partial charge in [-0.3, -0.25) is 9.69 Å². The molecule has 0 saturated heterocycles. The summed E-state index contributed by atoms with van der Waals surface area (Å²) < 4.78 is 36.5. The van der Waals surface area contributed by atoms with Crippen molar-refractivity contribution in [2.75, 3.05) is 51.1 Å². The monoisotopic (exact) mass is 505 g/mol. The van der Waals surface area contributed by atoms with Gasteiger partial charge in [0, 0.05) is 18.7 Å². The Balaban J connectivity index is 2.09. The average Bonchev–Trinajstić information content (AvgIpc) is 3.31. The van der Waals surface area contributed by atoms with Gasteiger partial charge in [0.15, 0.2) is 15.0 Å². The fraction of sp³-hybridized carbons (Fsp3) is 0.417. The van der Waals surface area contributed by atoms with Crippen molar-refractivity contribution in [2.24, 2.45) is 0 Å². The van der Waals surface area contributed by atoms with Crippen LogP contribution in [-0.4, -0.2) is 70.4 Å². The number of methoxy groups -OCH3 is 2. The van der Waals surface area contributed by atoms with Crippen molar-refractivity contribution < 1.29 is 22.7 Å². The SMILES string of the molecule is CCN(CC)CCN(C(=O)c1cccc(S(=O)(=O)CC)c1)c1nc2c(OC)ccc(OC)c2s1. The Morgan fingerprint density at radius 3 is 2.29 bits per heavy atom. The second-order valence-corrected chi connectivity index (χ2v) is 10.8. The zero-order valence-electron chi connectivity index (χ0n) is 20.2. The molecule has 0 unspecified atom stereocenters. The molecule has 0 radical (unpaired) electrons. The molecule has 0 fully saturated rings. The molecule has 0 aliphatic rings. The van der Waals surface area contributed by atoms with Crippen molar-refractivity contribution in [1.82, 2.24) is 9.88 Å². The standard InChI is InChI=1S/C24H31N3O5S2/c1-6-26(7-2)14-15-27(23(28)17-10-9-11-18(16-17)34(29,30)8-3)24-25-21-19(31-4)12-13-20(32-5)22(21)33-24/h9-13,16H,6-8,14-15H2,1-5H3. The van der Waals surface area contributed by atoms with E-state index >= 15 is 0 Å². The summed E-state index contributed by atoms with van der Waals surface area (Å²) in [4.78, 5) is 22.4. The highest BCUT2D eigenvalue weighted by molar-refractivity contribution is 7.91. The second-order valence-electron chi connectivity index (χ2n) is 7.56. The first-order valence-corrected chi connectivity index (χ1v) is 13.6. The predicted octanol–water partition coefficient (Wildman–Crippen LogP) is 4.10. The number of amides is 1. The number of anilines is 1. The third-order valence-corrected chi connectivity index (χ3v) is 8.55. The topological polar surface area (TPSA) is 89.0 Å². The summed E-state index contributed by atoms with van der Waals surface area (Å²) in [6.45, 7) is 8.48. The number of sulfone groups is 1. The van der Waals surface area contributed by atoms with Gasteiger partial charge in [-0.1, -0.05) is 38.2 Å². The smallest absolute Gasteiger partial charge is 0.260 e. The maximum absolute atomic E-state index is 13.7. The van der Waals surface area contributed by atoms with Gasteiger partial charge < -0.3 is 14.4 Å². The van der Waals surface area contributed by atoms with Crippen LogP contribution in [0.15, 0.2) is 41.3 Å². The van der Waals surface area contributed by atoms with Gasteiger partial charge in [-0.25, -0.2) is 13.4 Å². The lowest BCUT2D eigenvalue weighted by atomic mass is 10.2. The van der Waals surface area contributed by atoms with Crippen LogP contribution in [0.5, 0.6) is 11.5 Å². The summed E-state index contributed by atoms with van der Waals surface area (Å²) in [5.41, 5.74) is 0.914. The number of hydrogen-bond donors (Lipinski definition) is 0. The van der Waals surface area contributed by atoms with Crippen LogP contribution >= 0.6 is 11.3 Å². The summed E-state index contributed by atoms with van der Waals surface area (Å²) in [5.74, 6) is 0.892. The first kappa shape index (κ1) is 25.9. The average molecular weight is 506 g/mol. The number of fused-ring (bicyclic) bond motifs is 1. The van der Waals surface area contributed by atoms with Crippen LogP contribution in [0.1, 0.15) is 31.1 Å². The van der Waals surface area contributed by atoms with Crippen LogP contribution in [0.4, 0.5) is 5.13 Å². The lowest BCUT2D eigenvalue weighted by molar-refractivity contribution is 0.0983. The molecule has 3 rings (SSSR count). The largest absolute Gasteiger partial charge is 0.495 e. The van der Waals surface area contributed by atoms with E-state index in [4.69, 9.17) is 14.5 Å². The van der Waals surface area contributed by atoms with E-state index in [-0.39, 0.29) is 16.6 Å². The molecule has 1 amide bonds. The number of carbonyl (C=O) groups is 1. The van der Waals surface area contributed by atoms with E-state index < -0.39 is 9.84 Å². The number of likely N-dealkylation sites (N-methyl/N-ethyl adjacent to an activating group) is 1. The highest BCUT2D eigenvalue weighted by Crippen LogP contribution is 2.40. The van der Waals surface area contributed by atoms with Gasteiger partial charge in [0.1, 0.15) is 21.7 Å². The van der Waals surface area contributed by atoms with Gasteiger partial charge in [0.2, 0.25) is 0 Å². The first-order chi connectivity index (χ1) is 16.3. The minimum Gasteiger partial charge on any atom is -0.495 e. The van der Waals surface area contributed by atoms with E-state index in [2.05, 4.69) is 18.7 Å². The van der Waals surface area contributed by atoms with Crippen molar-refractivity contribution in [3.63, 3.8) is 0 Å². The molecular weight excluding hydrogens is 474 g/mol. The lowest BCUT2D eigenvalue weighted by Crippen LogP contribution is -2.39. The fourth-order valence-corrected chi connectivity index (χ4v) is 5.62. The molecule has 34 heavy (non-hydrogen) atoms. The Bertz CT molecular complexity index is 1210. The molecule has 0 spiro atoms. The Morgan fingerprint density at radius 2 is 1.68 bits per heavy atom. The molecule has 0 aliphatic carbocycles. The zero-order valence-corrected chi connectivity index (χ0v) is 21.8. The number of ether oxygens (including phenoxy) is 2. The van der Waals surface area contributed by atoms with E-state index in [1.807, 2.05) is 6.07 Å². The molecule has 0 atom stereocenters. The molecule has 1 aromatic heterocycles. The molecule has 0 aliphatic heterocycles. The van der Waals surface area contributed by atoms with Gasteiger partial charge in [0.05, 0.1) is 24.9 Å². The molecule has 2 aromatic carbocycles. The summed E-state index contributed by atoms with van der Waals surface area (Å²) in [7, 11) is -0.282. The maximum Gasteiger partial charge on any atom is 0.260 e. The van der Waals surface area contributed by atoms with Crippen LogP contribution < -0.4 is 14.4 Å². The van der Waals surface area contributed by atoms with E-state index in [1.165, 1.54) is 23.5 Å². The fourth-order valence-electron chi connectivity index (χ4n) is 3.60. The second kappa shape index (κ2) is 11.2. The van der Waals surface area contributed by atoms with E-state index in [0.29, 0.717) is 40.8 Å². The van der Waals surface area contributed by atoms with Crippen molar-refractivity contribution in [3.8, 4) is 11.5 Å². The number of thiazole rings is 1. The van der Waals surface area contributed by atoms with Crippen molar-refractivity contribution >= 4 is 42.4 Å². The maximum atomic E-state index is 13.7. The summed E-state index contributed by atoms with van der Waals surface area (Å²) >= 11 is 1.34. The van der Waals surface area contributed by atoms with Crippen LogP contribution in [0.2, 0.25) is 0 Å². The van der Waals surface area contributed by atoms with Crippen LogP contribution in [0.25, 0.3) is 10.2 Å². The highest BCUT2D eigenvalue weighted by Gasteiger charge is 2.25. The van der Waals surface area contributed by atoms with Gasteiger partial charge in [0.25, 0.3) is 5.91 Å². The zero-order chi connectivity index (χ0) is 24.9. The molecular formula is C24H31N3O5S2. The Kier molecular flexibility index (Phi) is 8.51. The van der Waals surface area contributed by atoms with E-state index in [0.717, 1.165) is 17.8 Å². The van der Waals surface area contributed by atoms with Gasteiger partial charge in [-0.2, -0.15) is 0 Å². The molecule has 0 saturated carbocycles. The molecule has 0 N–H and O–H groups in total. The first-order valence-electron chi connectivity index (χ1n) is 11.2. The van der Waals surface area contributed by atoms with Crippen LogP contribution in [-0.2, 0) is 9.84 Å². The van der Waals surface area contributed by atoms with Crippen molar-refractivity contribution in [1.29, 1.82) is 0 Å². The summed E-state index contributed by atoms with van der Waals surface area (Å²) in [6, 6.07) is 9.79. The Morgan fingerprint density at radius 1 is 1.00 bits per heavy atom. The summed E-state index contributed by atoms with van der Waals surface area (Å²) in [6.07, 6.45) is 0. The lowest BCUT2D eigenvalue weighted by Gasteiger charge is -2.25. The van der Waals surface area contributed by atoms with E-state index in [1.54, 1.807) is 44.2 Å². The van der Waals surface area contributed by atoms with Gasteiger partial charge in [-0.05, 0) is 43.4 Å². The third-order valence-electron chi connectivity index (χ3n) is 5.73. The number of hydrogen-bond acceptors (Lipinski definition) is 8.